The van der Waals surface area contributed by atoms with Crippen LogP contribution < -0.4 is 9.47 Å². The Balaban J connectivity index is 1.80. The number of carboxylic acid groups (broad SMARTS) is 1. The zero-order chi connectivity index (χ0) is 18.9. The van der Waals surface area contributed by atoms with Gasteiger partial charge in [0, 0.05) is 24.2 Å². The summed E-state index contributed by atoms with van der Waals surface area (Å²) >= 11 is 5.82. The molecule has 0 bridgehead atoms. The van der Waals surface area contributed by atoms with Crippen LogP contribution in [0.15, 0.2) is 48.5 Å². The number of carbonyl (C=O) groups excluding carboxylic acids is 1. The highest BCUT2D eigenvalue weighted by molar-refractivity contribution is 6.30. The van der Waals surface area contributed by atoms with Gasteiger partial charge in [-0.05, 0) is 48.9 Å². The maximum Gasteiger partial charge on any atom is 0.341 e. The van der Waals surface area contributed by atoms with Crippen molar-refractivity contribution >= 4 is 23.5 Å². The van der Waals surface area contributed by atoms with E-state index in [1.165, 1.54) is 6.07 Å². The van der Waals surface area contributed by atoms with Gasteiger partial charge in [0.1, 0.15) is 11.5 Å². The molecule has 2 rings (SSSR count). The highest BCUT2D eigenvalue weighted by Crippen LogP contribution is 2.16. The lowest BCUT2D eigenvalue weighted by molar-refractivity contribution is -0.139. The summed E-state index contributed by atoms with van der Waals surface area (Å²) in [6.07, 6.45) is 0.667. The normalized spacial score (nSPS) is 10.2. The van der Waals surface area contributed by atoms with E-state index < -0.39 is 12.6 Å². The molecule has 26 heavy (non-hydrogen) atoms. The highest BCUT2D eigenvalue weighted by Gasteiger charge is 2.12. The van der Waals surface area contributed by atoms with Crippen LogP contribution in [0.2, 0.25) is 5.02 Å². The van der Waals surface area contributed by atoms with Crippen LogP contribution in [0.5, 0.6) is 11.5 Å². The number of hydrogen-bond acceptors (Lipinski definition) is 4. The van der Waals surface area contributed by atoms with Crippen molar-refractivity contribution in [3.05, 3.63) is 59.1 Å². The molecule has 0 spiro atoms. The standard InChI is InChI=1S/C19H20ClNO5/c1-21(10-3-11-25-16-8-6-15(20)7-9-16)19(24)14-4-2-5-17(12-14)26-13-18(22)23/h2,4-9,12H,3,10-11,13H2,1H3,(H,22,23). The van der Waals surface area contributed by atoms with Crippen LogP contribution in [0.4, 0.5) is 0 Å². The summed E-state index contributed by atoms with van der Waals surface area (Å²) < 4.78 is 10.7. The number of amides is 1. The van der Waals surface area contributed by atoms with E-state index in [1.54, 1.807) is 54.4 Å². The van der Waals surface area contributed by atoms with Gasteiger partial charge >= 0.3 is 5.97 Å². The van der Waals surface area contributed by atoms with E-state index in [0.717, 1.165) is 5.75 Å². The maximum atomic E-state index is 12.4. The fraction of sp³-hybridized carbons (Fsp3) is 0.263. The zero-order valence-corrected chi connectivity index (χ0v) is 15.1. The van der Waals surface area contributed by atoms with Gasteiger partial charge in [0.15, 0.2) is 6.61 Å². The maximum absolute atomic E-state index is 12.4. The summed E-state index contributed by atoms with van der Waals surface area (Å²) in [5.74, 6) is -0.166. The zero-order valence-electron chi connectivity index (χ0n) is 14.4. The van der Waals surface area contributed by atoms with E-state index in [9.17, 15) is 9.59 Å². The summed E-state index contributed by atoms with van der Waals surface area (Å²) in [6, 6.07) is 13.6. The van der Waals surface area contributed by atoms with Gasteiger partial charge in [0.05, 0.1) is 6.61 Å². The fourth-order valence-electron chi connectivity index (χ4n) is 2.21. The van der Waals surface area contributed by atoms with Crippen molar-refractivity contribution in [2.24, 2.45) is 0 Å². The Morgan fingerprint density at radius 1 is 1.08 bits per heavy atom. The van der Waals surface area contributed by atoms with Gasteiger partial charge < -0.3 is 19.5 Å². The van der Waals surface area contributed by atoms with E-state index in [4.69, 9.17) is 26.2 Å². The smallest absolute Gasteiger partial charge is 0.341 e. The molecule has 0 unspecified atom stereocenters. The predicted molar refractivity (Wildman–Crippen MR) is 98.1 cm³/mol. The second-order valence-corrected chi connectivity index (χ2v) is 6.03. The van der Waals surface area contributed by atoms with Crippen LogP contribution in [-0.4, -0.2) is 48.7 Å². The molecule has 0 radical (unpaired) electrons. The first-order chi connectivity index (χ1) is 12.5. The number of benzene rings is 2. The third-order valence-corrected chi connectivity index (χ3v) is 3.76. The van der Waals surface area contributed by atoms with E-state index in [-0.39, 0.29) is 5.91 Å². The molecule has 0 atom stereocenters. The molecule has 0 saturated carbocycles. The minimum atomic E-state index is -1.07. The SMILES string of the molecule is CN(CCCOc1ccc(Cl)cc1)C(=O)c1cccc(OCC(=O)O)c1. The Hall–Kier alpha value is -2.73. The molecule has 0 aliphatic heterocycles. The topological polar surface area (TPSA) is 76.1 Å². The van der Waals surface area contributed by atoms with Gasteiger partial charge in [-0.15, -0.1) is 0 Å². The lowest BCUT2D eigenvalue weighted by atomic mass is 10.2. The van der Waals surface area contributed by atoms with Gasteiger partial charge in [-0.3, -0.25) is 4.79 Å². The number of halogens is 1. The van der Waals surface area contributed by atoms with E-state index in [1.807, 2.05) is 0 Å². The van der Waals surface area contributed by atoms with Crippen molar-refractivity contribution in [1.82, 2.24) is 4.90 Å². The molecule has 0 heterocycles. The van der Waals surface area contributed by atoms with Crippen molar-refractivity contribution in [2.75, 3.05) is 26.8 Å². The van der Waals surface area contributed by atoms with Crippen molar-refractivity contribution in [2.45, 2.75) is 6.42 Å². The van der Waals surface area contributed by atoms with Crippen molar-refractivity contribution < 1.29 is 24.2 Å². The Morgan fingerprint density at radius 2 is 1.81 bits per heavy atom. The number of carboxylic acids is 1. The summed E-state index contributed by atoms with van der Waals surface area (Å²) in [6.45, 7) is 0.545. The number of ether oxygens (including phenoxy) is 2. The third-order valence-electron chi connectivity index (χ3n) is 3.51. The van der Waals surface area contributed by atoms with Crippen LogP contribution in [0.25, 0.3) is 0 Å². The quantitative estimate of drug-likeness (QED) is 0.678. The van der Waals surface area contributed by atoms with Crippen molar-refractivity contribution in [3.8, 4) is 11.5 Å². The molecule has 0 fully saturated rings. The van der Waals surface area contributed by atoms with Crippen LogP contribution >= 0.6 is 11.6 Å². The van der Waals surface area contributed by atoms with Crippen molar-refractivity contribution in [3.63, 3.8) is 0 Å². The molecule has 7 heteroatoms. The van der Waals surface area contributed by atoms with E-state index >= 15 is 0 Å². The van der Waals surface area contributed by atoms with E-state index in [0.29, 0.717) is 35.9 Å². The fourth-order valence-corrected chi connectivity index (χ4v) is 2.33. The first-order valence-corrected chi connectivity index (χ1v) is 8.42. The van der Waals surface area contributed by atoms with Crippen LogP contribution in [0.1, 0.15) is 16.8 Å². The average Bonchev–Trinajstić information content (AvgIpc) is 2.64. The molecular weight excluding hydrogens is 358 g/mol. The summed E-state index contributed by atoms with van der Waals surface area (Å²) in [5, 5.41) is 9.29. The molecule has 1 N–H and O–H groups in total. The number of aliphatic carboxylic acids is 1. The number of nitrogens with zero attached hydrogens (tertiary/aromatic N) is 1. The second-order valence-electron chi connectivity index (χ2n) is 5.59. The van der Waals surface area contributed by atoms with Crippen LogP contribution in [0, 0.1) is 0 Å². The molecule has 138 valence electrons. The highest BCUT2D eigenvalue weighted by atomic mass is 35.5. The lowest BCUT2D eigenvalue weighted by Gasteiger charge is -2.18. The molecule has 0 aromatic heterocycles. The minimum Gasteiger partial charge on any atom is -0.494 e. The van der Waals surface area contributed by atoms with Gasteiger partial charge in [-0.2, -0.15) is 0 Å². The summed E-state index contributed by atoms with van der Waals surface area (Å²) in [7, 11) is 1.70. The molecule has 0 aliphatic rings. The minimum absolute atomic E-state index is 0.169. The first-order valence-electron chi connectivity index (χ1n) is 8.04. The molecule has 6 nitrogen and oxygen atoms in total. The van der Waals surface area contributed by atoms with Gasteiger partial charge in [0.25, 0.3) is 5.91 Å². The number of hydrogen-bond donors (Lipinski definition) is 1. The summed E-state index contributed by atoms with van der Waals surface area (Å²) in [5.41, 5.74) is 0.439. The average molecular weight is 378 g/mol. The van der Waals surface area contributed by atoms with Crippen molar-refractivity contribution in [1.29, 1.82) is 0 Å². The monoisotopic (exact) mass is 377 g/mol. The molecule has 2 aromatic carbocycles. The van der Waals surface area contributed by atoms with Gasteiger partial charge in [-0.25, -0.2) is 4.79 Å². The first kappa shape index (κ1) is 19.6. The Morgan fingerprint density at radius 3 is 2.50 bits per heavy atom. The Kier molecular flexibility index (Phi) is 7.29. The largest absolute Gasteiger partial charge is 0.494 e. The molecule has 0 aliphatic carbocycles. The molecular formula is C19H20ClNO5. The van der Waals surface area contributed by atoms with Gasteiger partial charge in [-0.1, -0.05) is 17.7 Å². The van der Waals surface area contributed by atoms with E-state index in [2.05, 4.69) is 0 Å². The third kappa shape index (κ3) is 6.29. The van der Waals surface area contributed by atoms with Gasteiger partial charge in [0.2, 0.25) is 0 Å². The molecule has 1 amide bonds. The lowest BCUT2D eigenvalue weighted by Crippen LogP contribution is -2.28. The summed E-state index contributed by atoms with van der Waals surface area (Å²) in [4.78, 5) is 24.6. The number of rotatable bonds is 9. The Bertz CT molecular complexity index is 748. The second kappa shape index (κ2) is 9.68. The number of carbonyl (C=O) groups is 2. The molecule has 2 aromatic rings. The Labute approximate surface area is 156 Å². The molecule has 0 saturated heterocycles. The van der Waals surface area contributed by atoms with Crippen LogP contribution in [0.3, 0.4) is 0 Å². The van der Waals surface area contributed by atoms with Crippen LogP contribution in [-0.2, 0) is 4.79 Å². The predicted octanol–water partition coefficient (Wildman–Crippen LogP) is 3.34.